The lowest BCUT2D eigenvalue weighted by Crippen LogP contribution is -2.67. The fourth-order valence-electron chi connectivity index (χ4n) is 5.66. The fourth-order valence-corrected chi connectivity index (χ4v) is 5.66. The lowest BCUT2D eigenvalue weighted by Gasteiger charge is -2.57. The summed E-state index contributed by atoms with van der Waals surface area (Å²) in [6.07, 6.45) is 0. The molecular weight excluding hydrogens is 522 g/mol. The molecule has 41 heavy (non-hydrogen) atoms. The van der Waals surface area contributed by atoms with E-state index in [-0.39, 0.29) is 5.91 Å². The molecule has 0 saturated carbocycles. The van der Waals surface area contributed by atoms with E-state index in [0.29, 0.717) is 45.6 Å². The Balaban J connectivity index is 1.84. The highest BCUT2D eigenvalue weighted by Crippen LogP contribution is 2.61. The van der Waals surface area contributed by atoms with Gasteiger partial charge in [0.1, 0.15) is 39.9 Å². The monoisotopic (exact) mass is 555 g/mol. The molecule has 4 aromatic carbocycles. The molecule has 1 amide bonds. The Morgan fingerprint density at radius 1 is 0.537 bits per heavy atom. The van der Waals surface area contributed by atoms with Crippen molar-refractivity contribution in [3.8, 4) is 34.5 Å². The van der Waals surface area contributed by atoms with Crippen LogP contribution in [0, 0.1) is 0 Å². The average molecular weight is 556 g/mol. The summed E-state index contributed by atoms with van der Waals surface area (Å²) in [6.45, 7) is 0. The van der Waals surface area contributed by atoms with Gasteiger partial charge in [-0.2, -0.15) is 0 Å². The number of ether oxygens (including phenoxy) is 6. The minimum Gasteiger partial charge on any atom is -0.497 e. The van der Waals surface area contributed by atoms with Crippen LogP contribution >= 0.6 is 0 Å². The van der Waals surface area contributed by atoms with E-state index < -0.39 is 11.5 Å². The molecule has 0 spiro atoms. The predicted molar refractivity (Wildman–Crippen MR) is 156 cm³/mol. The second-order valence-electron chi connectivity index (χ2n) is 9.49. The number of benzene rings is 4. The van der Waals surface area contributed by atoms with Crippen molar-refractivity contribution in [2.45, 2.75) is 11.5 Å². The van der Waals surface area contributed by atoms with Crippen molar-refractivity contribution in [2.75, 3.05) is 47.6 Å². The van der Waals surface area contributed by atoms with Gasteiger partial charge in [0.05, 0.1) is 48.7 Å². The number of carbonyl (C=O) groups excluding carboxylic acids is 1. The molecule has 1 heterocycles. The highest BCUT2D eigenvalue weighted by atomic mass is 16.5. The van der Waals surface area contributed by atoms with Gasteiger partial charge in [0.15, 0.2) is 0 Å². The van der Waals surface area contributed by atoms with Gasteiger partial charge >= 0.3 is 0 Å². The molecule has 0 radical (unpaired) electrons. The lowest BCUT2D eigenvalue weighted by atomic mass is 9.59. The molecule has 0 N–H and O–H groups in total. The van der Waals surface area contributed by atoms with Crippen LogP contribution in [0.15, 0.2) is 84.9 Å². The normalized spacial score (nSPS) is 15.5. The molecule has 0 aliphatic carbocycles. The summed E-state index contributed by atoms with van der Waals surface area (Å²) < 4.78 is 33.6. The number of methoxy groups -OCH3 is 6. The second-order valence-corrected chi connectivity index (χ2v) is 9.49. The molecule has 1 atom stereocenters. The number of hydrogen-bond acceptors (Lipinski definition) is 7. The Bertz CT molecular complexity index is 1480. The van der Waals surface area contributed by atoms with Gasteiger partial charge in [-0.25, -0.2) is 0 Å². The maximum atomic E-state index is 14.9. The number of carbonyl (C=O) groups is 1. The van der Waals surface area contributed by atoms with E-state index in [1.54, 1.807) is 59.7 Å². The molecule has 212 valence electrons. The van der Waals surface area contributed by atoms with Crippen molar-refractivity contribution in [3.63, 3.8) is 0 Å². The SMILES string of the molecule is COc1ccc([C@H]2N(c3ccc(OC)cc3)C(=O)C2(c2ccc(OC)cc2OC)c2ccc(OC)cc2OC)cc1. The first-order chi connectivity index (χ1) is 20.0. The van der Waals surface area contributed by atoms with Crippen molar-refractivity contribution in [1.29, 1.82) is 0 Å². The average Bonchev–Trinajstić information content (AvgIpc) is 3.04. The van der Waals surface area contributed by atoms with Gasteiger partial charge in [-0.3, -0.25) is 4.79 Å². The molecule has 1 aliphatic rings. The van der Waals surface area contributed by atoms with Crippen LogP contribution < -0.4 is 33.3 Å². The Morgan fingerprint density at radius 3 is 1.37 bits per heavy atom. The van der Waals surface area contributed by atoms with Crippen molar-refractivity contribution >= 4 is 11.6 Å². The van der Waals surface area contributed by atoms with Gasteiger partial charge < -0.3 is 33.3 Å². The smallest absolute Gasteiger partial charge is 0.245 e. The molecule has 1 saturated heterocycles. The van der Waals surface area contributed by atoms with Gasteiger partial charge in [-0.05, 0) is 54.1 Å². The number of nitrogens with zero attached hydrogens (tertiary/aromatic N) is 1. The van der Waals surface area contributed by atoms with E-state index >= 15 is 0 Å². The molecule has 8 nitrogen and oxygen atoms in total. The minimum absolute atomic E-state index is 0.143. The molecule has 8 heteroatoms. The van der Waals surface area contributed by atoms with Crippen LogP contribution in [0.2, 0.25) is 0 Å². The maximum absolute atomic E-state index is 14.9. The van der Waals surface area contributed by atoms with Crippen LogP contribution in [0.25, 0.3) is 0 Å². The van der Waals surface area contributed by atoms with Crippen LogP contribution in [-0.2, 0) is 10.2 Å². The first-order valence-corrected chi connectivity index (χ1v) is 13.0. The lowest BCUT2D eigenvalue weighted by molar-refractivity contribution is -0.131. The Morgan fingerprint density at radius 2 is 0.951 bits per heavy atom. The highest BCUT2D eigenvalue weighted by molar-refractivity contribution is 6.13. The summed E-state index contributed by atoms with van der Waals surface area (Å²) in [6, 6.07) is 25.8. The third kappa shape index (κ3) is 4.45. The quantitative estimate of drug-likeness (QED) is 0.229. The van der Waals surface area contributed by atoms with E-state index in [9.17, 15) is 4.79 Å². The van der Waals surface area contributed by atoms with Gasteiger partial charge in [-0.1, -0.05) is 24.3 Å². The van der Waals surface area contributed by atoms with E-state index in [1.807, 2.05) is 72.8 Å². The topological polar surface area (TPSA) is 75.7 Å². The molecule has 1 aliphatic heterocycles. The third-order valence-corrected chi connectivity index (χ3v) is 7.67. The maximum Gasteiger partial charge on any atom is 0.245 e. The highest BCUT2D eigenvalue weighted by Gasteiger charge is 2.65. The number of rotatable bonds is 10. The summed E-state index contributed by atoms with van der Waals surface area (Å²) in [5.41, 5.74) is 1.76. The zero-order valence-electron chi connectivity index (χ0n) is 24.0. The molecular formula is C33H33NO7. The zero-order valence-corrected chi connectivity index (χ0v) is 24.0. The van der Waals surface area contributed by atoms with E-state index in [4.69, 9.17) is 28.4 Å². The van der Waals surface area contributed by atoms with Crippen LogP contribution in [0.5, 0.6) is 34.5 Å². The second kappa shape index (κ2) is 11.3. The van der Waals surface area contributed by atoms with Gasteiger partial charge in [0.2, 0.25) is 5.91 Å². The van der Waals surface area contributed by atoms with Crippen molar-refractivity contribution in [1.82, 2.24) is 0 Å². The number of β-lactam (4-membered cyclic amide) rings is 1. The number of hydrogen-bond donors (Lipinski definition) is 0. The van der Waals surface area contributed by atoms with Crippen molar-refractivity contribution in [3.05, 3.63) is 102 Å². The summed E-state index contributed by atoms with van der Waals surface area (Å²) >= 11 is 0. The molecule has 0 unspecified atom stereocenters. The summed E-state index contributed by atoms with van der Waals surface area (Å²) in [7, 11) is 9.60. The Hall–Kier alpha value is -4.85. The van der Waals surface area contributed by atoms with Crippen LogP contribution in [0.3, 0.4) is 0 Å². The Kier molecular flexibility index (Phi) is 7.66. The van der Waals surface area contributed by atoms with E-state index in [0.717, 1.165) is 11.3 Å². The predicted octanol–water partition coefficient (Wildman–Crippen LogP) is 5.81. The first-order valence-electron chi connectivity index (χ1n) is 13.0. The number of amides is 1. The van der Waals surface area contributed by atoms with Gasteiger partial charge in [-0.15, -0.1) is 0 Å². The molecule has 5 rings (SSSR count). The van der Waals surface area contributed by atoms with Crippen LogP contribution in [0.4, 0.5) is 5.69 Å². The third-order valence-electron chi connectivity index (χ3n) is 7.67. The number of anilines is 1. The van der Waals surface area contributed by atoms with E-state index in [1.165, 1.54) is 0 Å². The molecule has 1 fully saturated rings. The summed E-state index contributed by atoms with van der Waals surface area (Å²) in [5.74, 6) is 3.53. The van der Waals surface area contributed by atoms with Crippen LogP contribution in [0.1, 0.15) is 22.7 Å². The van der Waals surface area contributed by atoms with Gasteiger partial charge in [0, 0.05) is 28.9 Å². The van der Waals surface area contributed by atoms with Gasteiger partial charge in [0.25, 0.3) is 0 Å². The van der Waals surface area contributed by atoms with Crippen molar-refractivity contribution < 1.29 is 33.2 Å². The fraction of sp³-hybridized carbons (Fsp3) is 0.242. The minimum atomic E-state index is -1.23. The molecule has 0 aromatic heterocycles. The largest absolute Gasteiger partial charge is 0.497 e. The van der Waals surface area contributed by atoms with E-state index in [2.05, 4.69) is 0 Å². The molecule has 4 aromatic rings. The Labute approximate surface area is 239 Å². The molecule has 0 bridgehead atoms. The summed E-state index contributed by atoms with van der Waals surface area (Å²) in [4.78, 5) is 16.7. The van der Waals surface area contributed by atoms with Crippen molar-refractivity contribution in [2.24, 2.45) is 0 Å². The first kappa shape index (κ1) is 27.7. The standard InChI is InChI=1S/C33H33NO7/c1-36-23-11-7-21(8-12-23)31-33(27-17-15-25(38-3)19-29(27)40-5,28-18-16-26(39-4)20-30(28)41-6)32(35)34(31)22-9-13-24(37-2)14-10-22/h7-20,31H,1-6H3/t31-/m1/s1. The zero-order chi connectivity index (χ0) is 29.1. The summed E-state index contributed by atoms with van der Waals surface area (Å²) in [5, 5.41) is 0. The van der Waals surface area contributed by atoms with Crippen LogP contribution in [-0.4, -0.2) is 48.6 Å².